The average Bonchev–Trinajstić information content (AvgIpc) is 2.65. The fourth-order valence-electron chi connectivity index (χ4n) is 2.51. The van der Waals surface area contributed by atoms with Gasteiger partial charge in [-0.3, -0.25) is 4.79 Å². The Labute approximate surface area is 178 Å². The molecule has 3 nitrogen and oxygen atoms in total. The maximum Gasteiger partial charge on any atom is 0.259 e. The summed E-state index contributed by atoms with van der Waals surface area (Å²) in [5, 5.41) is 13.5. The van der Waals surface area contributed by atoms with Gasteiger partial charge in [-0.15, -0.1) is 0 Å². The molecule has 136 valence electrons. The number of nitrogens with one attached hydrogen (secondary N) is 1. The Morgan fingerprint density at radius 3 is 2.11 bits per heavy atom. The fourth-order valence-corrected chi connectivity index (χ4v) is 3.86. The van der Waals surface area contributed by atoms with Crippen molar-refractivity contribution in [3.8, 4) is 5.75 Å². The van der Waals surface area contributed by atoms with E-state index < -0.39 is 5.91 Å². The minimum Gasteiger partial charge on any atom is -0.506 e. The van der Waals surface area contributed by atoms with Crippen LogP contribution in [0.15, 0.2) is 76.2 Å². The maximum absolute atomic E-state index is 12.5. The second kappa shape index (κ2) is 8.30. The Hall–Kier alpha value is -2.08. The van der Waals surface area contributed by atoms with Crippen molar-refractivity contribution >= 4 is 60.6 Å². The molecule has 0 saturated heterocycles. The van der Waals surface area contributed by atoms with E-state index in [0.29, 0.717) is 19.7 Å². The van der Waals surface area contributed by atoms with Crippen molar-refractivity contribution in [1.82, 2.24) is 0 Å². The summed E-state index contributed by atoms with van der Waals surface area (Å²) < 4.78 is 1.13. The fraction of sp³-hybridized carbons (Fsp3) is 0. The molecular weight excluding hydrogens is 493 g/mol. The zero-order chi connectivity index (χ0) is 19.6. The van der Waals surface area contributed by atoms with Gasteiger partial charge in [0.2, 0.25) is 0 Å². The third-order valence-electron chi connectivity index (χ3n) is 3.96. The van der Waals surface area contributed by atoms with E-state index in [1.807, 2.05) is 36.4 Å². The first-order valence-electron chi connectivity index (χ1n) is 7.90. The summed E-state index contributed by atoms with van der Waals surface area (Å²) in [7, 11) is 0. The molecular formula is C21H14Br2ClNO2. The maximum atomic E-state index is 12.5. The highest BCUT2D eigenvalue weighted by Gasteiger charge is 2.15. The summed E-state index contributed by atoms with van der Waals surface area (Å²) in [6, 6.07) is 18.0. The summed E-state index contributed by atoms with van der Waals surface area (Å²) >= 11 is 12.5. The number of phenols is 1. The lowest BCUT2D eigenvalue weighted by molar-refractivity contribution is 0.102. The van der Waals surface area contributed by atoms with Crippen molar-refractivity contribution in [2.24, 2.45) is 0 Å². The number of benzene rings is 3. The molecule has 0 aromatic heterocycles. The monoisotopic (exact) mass is 505 g/mol. The van der Waals surface area contributed by atoms with E-state index in [9.17, 15) is 9.90 Å². The van der Waals surface area contributed by atoms with Crippen molar-refractivity contribution < 1.29 is 9.90 Å². The number of halogens is 3. The van der Waals surface area contributed by atoms with Gasteiger partial charge < -0.3 is 10.4 Å². The minimum absolute atomic E-state index is 0.108. The molecule has 3 aromatic rings. The first-order valence-corrected chi connectivity index (χ1v) is 9.86. The molecule has 0 bridgehead atoms. The number of hydrogen-bond acceptors (Lipinski definition) is 2. The minimum atomic E-state index is -0.404. The highest BCUT2D eigenvalue weighted by molar-refractivity contribution is 9.11. The number of anilines is 1. The summed E-state index contributed by atoms with van der Waals surface area (Å²) in [6.07, 6.45) is 0. The van der Waals surface area contributed by atoms with Gasteiger partial charge in [0.05, 0.1) is 10.0 Å². The van der Waals surface area contributed by atoms with Crippen molar-refractivity contribution in [3.63, 3.8) is 0 Å². The third-order valence-corrected chi connectivity index (χ3v) is 5.27. The lowest BCUT2D eigenvalue weighted by atomic mass is 9.99. The molecule has 0 saturated carbocycles. The summed E-state index contributed by atoms with van der Waals surface area (Å²) in [5.74, 6) is -0.512. The molecule has 0 spiro atoms. The van der Waals surface area contributed by atoms with Crippen LogP contribution in [0.25, 0.3) is 5.57 Å². The van der Waals surface area contributed by atoms with E-state index in [-0.39, 0.29) is 11.3 Å². The van der Waals surface area contributed by atoms with Gasteiger partial charge in [0, 0.05) is 15.2 Å². The van der Waals surface area contributed by atoms with Gasteiger partial charge in [-0.2, -0.15) is 0 Å². The predicted molar refractivity (Wildman–Crippen MR) is 117 cm³/mol. The molecule has 0 radical (unpaired) electrons. The zero-order valence-electron chi connectivity index (χ0n) is 14.0. The van der Waals surface area contributed by atoms with Gasteiger partial charge in [-0.1, -0.05) is 58.4 Å². The number of hydrogen-bond donors (Lipinski definition) is 2. The molecule has 1 amide bonds. The van der Waals surface area contributed by atoms with Gasteiger partial charge in [-0.05, 0) is 69.0 Å². The lowest BCUT2D eigenvalue weighted by Crippen LogP contribution is -2.12. The molecule has 0 atom stereocenters. The van der Waals surface area contributed by atoms with Gasteiger partial charge >= 0.3 is 0 Å². The molecule has 0 heterocycles. The number of phenolic OH excluding ortho intramolecular Hbond substituents is 1. The predicted octanol–water partition coefficient (Wildman–Crippen LogP) is 6.88. The van der Waals surface area contributed by atoms with E-state index in [1.54, 1.807) is 24.3 Å². The number of aromatic hydroxyl groups is 1. The second-order valence-corrected chi connectivity index (χ2v) is 8.01. The summed E-state index contributed by atoms with van der Waals surface area (Å²) in [4.78, 5) is 12.5. The first-order chi connectivity index (χ1) is 12.8. The molecule has 3 rings (SSSR count). The Morgan fingerprint density at radius 1 is 0.963 bits per heavy atom. The average molecular weight is 508 g/mol. The standard InChI is InChI=1S/C21H14Br2ClNO2/c1-12(13-2-6-16(24)7-3-13)14-4-8-17(9-5-14)25-21(27)18-10-15(22)11-19(23)20(18)26/h2-11,26H,1H2,(H,25,27). The van der Waals surface area contributed by atoms with Crippen molar-refractivity contribution in [3.05, 3.63) is 97.9 Å². The largest absolute Gasteiger partial charge is 0.506 e. The molecule has 0 aliphatic rings. The quantitative estimate of drug-likeness (QED) is 0.404. The summed E-state index contributed by atoms with van der Waals surface area (Å²) in [5.41, 5.74) is 3.55. The topological polar surface area (TPSA) is 49.3 Å². The van der Waals surface area contributed by atoms with E-state index in [2.05, 4.69) is 43.8 Å². The van der Waals surface area contributed by atoms with E-state index in [4.69, 9.17) is 11.6 Å². The molecule has 0 unspecified atom stereocenters. The van der Waals surface area contributed by atoms with E-state index in [1.165, 1.54) is 0 Å². The Kier molecular flexibility index (Phi) is 6.05. The van der Waals surface area contributed by atoms with Crippen molar-refractivity contribution in [2.45, 2.75) is 0 Å². The molecule has 27 heavy (non-hydrogen) atoms. The van der Waals surface area contributed by atoms with Crippen LogP contribution >= 0.6 is 43.5 Å². The third kappa shape index (κ3) is 4.61. The van der Waals surface area contributed by atoms with Crippen LogP contribution in [0.4, 0.5) is 5.69 Å². The van der Waals surface area contributed by atoms with Crippen LogP contribution in [0.1, 0.15) is 21.5 Å². The SMILES string of the molecule is C=C(c1ccc(Cl)cc1)c1ccc(NC(=O)c2cc(Br)cc(Br)c2O)cc1. The Balaban J connectivity index is 1.77. The highest BCUT2D eigenvalue weighted by atomic mass is 79.9. The van der Waals surface area contributed by atoms with Gasteiger partial charge in [0.1, 0.15) is 5.75 Å². The van der Waals surface area contributed by atoms with E-state index in [0.717, 1.165) is 16.7 Å². The molecule has 0 aliphatic heterocycles. The van der Waals surface area contributed by atoms with E-state index >= 15 is 0 Å². The molecule has 6 heteroatoms. The lowest BCUT2D eigenvalue weighted by Gasteiger charge is -2.11. The van der Waals surface area contributed by atoms with Crippen LogP contribution in [0.3, 0.4) is 0 Å². The summed E-state index contributed by atoms with van der Waals surface area (Å²) in [6.45, 7) is 4.12. The van der Waals surface area contributed by atoms with Crippen LogP contribution in [0, 0.1) is 0 Å². The normalized spacial score (nSPS) is 10.5. The zero-order valence-corrected chi connectivity index (χ0v) is 17.9. The Bertz CT molecular complexity index is 1020. The highest BCUT2D eigenvalue weighted by Crippen LogP contribution is 2.32. The van der Waals surface area contributed by atoms with Crippen LogP contribution < -0.4 is 5.32 Å². The molecule has 3 aromatic carbocycles. The van der Waals surface area contributed by atoms with Gasteiger partial charge in [0.15, 0.2) is 0 Å². The second-order valence-electron chi connectivity index (χ2n) is 5.80. The van der Waals surface area contributed by atoms with Crippen LogP contribution in [-0.4, -0.2) is 11.0 Å². The molecule has 0 fully saturated rings. The number of carbonyl (C=O) groups is 1. The first kappa shape index (κ1) is 19.7. The Morgan fingerprint density at radius 2 is 1.52 bits per heavy atom. The van der Waals surface area contributed by atoms with Gasteiger partial charge in [-0.25, -0.2) is 0 Å². The van der Waals surface area contributed by atoms with Crippen LogP contribution in [0.5, 0.6) is 5.75 Å². The van der Waals surface area contributed by atoms with Crippen molar-refractivity contribution in [2.75, 3.05) is 5.32 Å². The molecule has 2 N–H and O–H groups in total. The van der Waals surface area contributed by atoms with Crippen molar-refractivity contribution in [1.29, 1.82) is 0 Å². The number of amides is 1. The van der Waals surface area contributed by atoms with Crippen LogP contribution in [0.2, 0.25) is 5.02 Å². The van der Waals surface area contributed by atoms with Gasteiger partial charge in [0.25, 0.3) is 5.91 Å². The number of rotatable bonds is 4. The van der Waals surface area contributed by atoms with Crippen LogP contribution in [-0.2, 0) is 0 Å². The molecule has 0 aliphatic carbocycles. The smallest absolute Gasteiger partial charge is 0.259 e. The number of carbonyl (C=O) groups excluding carboxylic acids is 1.